The van der Waals surface area contributed by atoms with Crippen LogP contribution >= 0.6 is 0 Å². The standard InChI is InChI=1S/C23H15NO5/c24-21(25)18-13-12-15(7-6-14-4-2-1-3-5-14)19(20(18)23(28)29)16-8-10-17(11-9-16)22(26)27/h1-5,8-13H,(H2,24,25)(H,26,27)(H,28,29). The Morgan fingerprint density at radius 1 is 0.759 bits per heavy atom. The SMILES string of the molecule is NC(=O)c1ccc(C#Cc2ccccc2)c(-c2ccc(C(=O)O)cc2)c1C(=O)O. The van der Waals surface area contributed by atoms with Crippen molar-refractivity contribution in [1.29, 1.82) is 0 Å². The van der Waals surface area contributed by atoms with Crippen LogP contribution in [0.2, 0.25) is 0 Å². The smallest absolute Gasteiger partial charge is 0.337 e. The second-order valence-electron chi connectivity index (χ2n) is 6.08. The number of rotatable bonds is 4. The highest BCUT2D eigenvalue weighted by molar-refractivity contribution is 6.09. The number of carbonyl (C=O) groups is 3. The van der Waals surface area contributed by atoms with Crippen molar-refractivity contribution >= 4 is 17.8 Å². The van der Waals surface area contributed by atoms with Crippen molar-refractivity contribution in [2.24, 2.45) is 5.73 Å². The highest BCUT2D eigenvalue weighted by atomic mass is 16.4. The molecule has 6 heteroatoms. The fourth-order valence-corrected chi connectivity index (χ4v) is 2.87. The van der Waals surface area contributed by atoms with Gasteiger partial charge in [0.2, 0.25) is 5.91 Å². The normalized spacial score (nSPS) is 9.93. The van der Waals surface area contributed by atoms with Crippen LogP contribution in [-0.4, -0.2) is 28.1 Å². The van der Waals surface area contributed by atoms with E-state index in [1.165, 1.54) is 36.4 Å². The molecule has 0 saturated heterocycles. The Morgan fingerprint density at radius 2 is 1.41 bits per heavy atom. The summed E-state index contributed by atoms with van der Waals surface area (Å²) < 4.78 is 0. The van der Waals surface area contributed by atoms with Crippen molar-refractivity contribution in [2.45, 2.75) is 0 Å². The first-order valence-corrected chi connectivity index (χ1v) is 8.49. The first-order chi connectivity index (χ1) is 13.9. The van der Waals surface area contributed by atoms with E-state index < -0.39 is 17.8 Å². The van der Waals surface area contributed by atoms with Gasteiger partial charge in [0.15, 0.2) is 0 Å². The van der Waals surface area contributed by atoms with Crippen LogP contribution in [0.25, 0.3) is 11.1 Å². The predicted octanol–water partition coefficient (Wildman–Crippen LogP) is 3.25. The van der Waals surface area contributed by atoms with Crippen LogP contribution in [0.3, 0.4) is 0 Å². The molecule has 29 heavy (non-hydrogen) atoms. The molecular weight excluding hydrogens is 370 g/mol. The van der Waals surface area contributed by atoms with Crippen molar-refractivity contribution in [2.75, 3.05) is 0 Å². The van der Waals surface area contributed by atoms with Gasteiger partial charge in [0.05, 0.1) is 16.7 Å². The van der Waals surface area contributed by atoms with Gasteiger partial charge in [-0.1, -0.05) is 42.2 Å². The Kier molecular flexibility index (Phi) is 5.42. The number of primary amides is 1. The summed E-state index contributed by atoms with van der Waals surface area (Å²) in [5.41, 5.74) is 6.70. The second kappa shape index (κ2) is 8.11. The van der Waals surface area contributed by atoms with Gasteiger partial charge in [-0.3, -0.25) is 4.79 Å². The average molecular weight is 385 g/mol. The molecule has 1 amide bonds. The molecule has 0 radical (unpaired) electrons. The number of carbonyl (C=O) groups excluding carboxylic acids is 1. The van der Waals surface area contributed by atoms with Crippen molar-refractivity contribution < 1.29 is 24.6 Å². The monoisotopic (exact) mass is 385 g/mol. The summed E-state index contributed by atoms with van der Waals surface area (Å²) in [6, 6.07) is 17.7. The van der Waals surface area contributed by atoms with Crippen LogP contribution in [0.4, 0.5) is 0 Å². The van der Waals surface area contributed by atoms with Gasteiger partial charge in [0.25, 0.3) is 0 Å². The highest BCUT2D eigenvalue weighted by Gasteiger charge is 2.23. The van der Waals surface area contributed by atoms with Crippen LogP contribution < -0.4 is 5.73 Å². The molecule has 0 aromatic heterocycles. The molecule has 142 valence electrons. The number of amides is 1. The molecule has 3 aromatic carbocycles. The molecule has 0 atom stereocenters. The van der Waals surface area contributed by atoms with Crippen molar-refractivity contribution in [1.82, 2.24) is 0 Å². The summed E-state index contributed by atoms with van der Waals surface area (Å²) in [4.78, 5) is 34.9. The number of carboxylic acids is 2. The average Bonchev–Trinajstić information content (AvgIpc) is 2.72. The van der Waals surface area contributed by atoms with E-state index in [0.717, 1.165) is 5.56 Å². The number of carboxylic acid groups (broad SMARTS) is 2. The fraction of sp³-hybridized carbons (Fsp3) is 0. The highest BCUT2D eigenvalue weighted by Crippen LogP contribution is 2.31. The van der Waals surface area contributed by atoms with Crippen molar-refractivity contribution in [3.8, 4) is 23.0 Å². The molecular formula is C23H15NO5. The van der Waals surface area contributed by atoms with Gasteiger partial charge >= 0.3 is 11.9 Å². The van der Waals surface area contributed by atoms with Gasteiger partial charge in [0, 0.05) is 16.7 Å². The molecule has 0 bridgehead atoms. The third kappa shape index (κ3) is 4.15. The molecule has 0 fully saturated rings. The maximum atomic E-state index is 12.0. The van der Waals surface area contributed by atoms with Crippen LogP contribution in [0.15, 0.2) is 66.7 Å². The van der Waals surface area contributed by atoms with E-state index >= 15 is 0 Å². The lowest BCUT2D eigenvalue weighted by Crippen LogP contribution is -2.17. The van der Waals surface area contributed by atoms with E-state index in [9.17, 15) is 19.5 Å². The number of aromatic carboxylic acids is 2. The van der Waals surface area contributed by atoms with E-state index in [2.05, 4.69) is 11.8 Å². The number of hydrogen-bond donors (Lipinski definition) is 3. The molecule has 0 saturated carbocycles. The van der Waals surface area contributed by atoms with Gasteiger partial charge in [-0.25, -0.2) is 9.59 Å². The Morgan fingerprint density at radius 3 is 1.97 bits per heavy atom. The number of benzene rings is 3. The molecule has 4 N–H and O–H groups in total. The fourth-order valence-electron chi connectivity index (χ4n) is 2.87. The van der Waals surface area contributed by atoms with Crippen LogP contribution in [-0.2, 0) is 0 Å². The number of hydrogen-bond acceptors (Lipinski definition) is 3. The Bertz CT molecular complexity index is 1170. The van der Waals surface area contributed by atoms with Crippen LogP contribution in [0.1, 0.15) is 42.2 Å². The van der Waals surface area contributed by atoms with Crippen molar-refractivity contribution in [3.05, 3.63) is 94.5 Å². The Hall–Kier alpha value is -4.37. The minimum atomic E-state index is -1.33. The van der Waals surface area contributed by atoms with E-state index in [-0.39, 0.29) is 22.3 Å². The summed E-state index contributed by atoms with van der Waals surface area (Å²) in [5.74, 6) is 2.59. The lowest BCUT2D eigenvalue weighted by atomic mass is 9.90. The lowest BCUT2D eigenvalue weighted by Gasteiger charge is -2.13. The van der Waals surface area contributed by atoms with Gasteiger partial charge in [-0.05, 0) is 42.0 Å². The number of nitrogens with two attached hydrogens (primary N) is 1. The molecule has 0 unspecified atom stereocenters. The third-order valence-electron chi connectivity index (χ3n) is 4.22. The van der Waals surface area contributed by atoms with Gasteiger partial charge in [-0.2, -0.15) is 0 Å². The zero-order chi connectivity index (χ0) is 21.0. The van der Waals surface area contributed by atoms with E-state index in [4.69, 9.17) is 10.8 Å². The van der Waals surface area contributed by atoms with Crippen LogP contribution in [0.5, 0.6) is 0 Å². The lowest BCUT2D eigenvalue weighted by molar-refractivity contribution is 0.0684. The first kappa shape index (κ1) is 19.4. The minimum Gasteiger partial charge on any atom is -0.478 e. The summed E-state index contributed by atoms with van der Waals surface area (Å²) in [6.45, 7) is 0. The van der Waals surface area contributed by atoms with Crippen molar-refractivity contribution in [3.63, 3.8) is 0 Å². The summed E-state index contributed by atoms with van der Waals surface area (Å²) in [6.07, 6.45) is 0. The molecule has 0 spiro atoms. The summed E-state index contributed by atoms with van der Waals surface area (Å²) in [7, 11) is 0. The summed E-state index contributed by atoms with van der Waals surface area (Å²) >= 11 is 0. The zero-order valence-electron chi connectivity index (χ0n) is 15.0. The van der Waals surface area contributed by atoms with E-state index in [1.54, 1.807) is 0 Å². The van der Waals surface area contributed by atoms with E-state index in [0.29, 0.717) is 11.1 Å². The molecule has 0 aliphatic carbocycles. The quantitative estimate of drug-likeness (QED) is 0.596. The maximum Gasteiger partial charge on any atom is 0.337 e. The predicted molar refractivity (Wildman–Crippen MR) is 107 cm³/mol. The summed E-state index contributed by atoms with van der Waals surface area (Å²) in [5, 5.41) is 18.9. The third-order valence-corrected chi connectivity index (χ3v) is 4.22. The Balaban J connectivity index is 2.27. The van der Waals surface area contributed by atoms with E-state index in [1.807, 2.05) is 30.3 Å². The van der Waals surface area contributed by atoms with Gasteiger partial charge in [-0.15, -0.1) is 0 Å². The molecule has 0 aliphatic rings. The zero-order valence-corrected chi connectivity index (χ0v) is 15.0. The largest absolute Gasteiger partial charge is 0.478 e. The topological polar surface area (TPSA) is 118 Å². The first-order valence-electron chi connectivity index (χ1n) is 8.49. The van der Waals surface area contributed by atoms with Gasteiger partial charge in [0.1, 0.15) is 0 Å². The van der Waals surface area contributed by atoms with Gasteiger partial charge < -0.3 is 15.9 Å². The molecule has 3 aromatic rings. The molecule has 0 aliphatic heterocycles. The second-order valence-corrected chi connectivity index (χ2v) is 6.08. The minimum absolute atomic E-state index is 0.0496. The van der Waals surface area contributed by atoms with Crippen LogP contribution in [0, 0.1) is 11.8 Å². The Labute approximate surface area is 166 Å². The molecule has 3 rings (SSSR count). The molecule has 0 heterocycles. The molecule has 6 nitrogen and oxygen atoms in total. The maximum absolute atomic E-state index is 12.0.